The van der Waals surface area contributed by atoms with Gasteiger partial charge in [-0.15, -0.1) is 0 Å². The van der Waals surface area contributed by atoms with E-state index in [1.165, 1.54) is 0 Å². The molecule has 0 aliphatic carbocycles. The van der Waals surface area contributed by atoms with Crippen molar-refractivity contribution in [1.82, 2.24) is 5.32 Å². The molecule has 0 aliphatic rings. The van der Waals surface area contributed by atoms with E-state index in [4.69, 9.17) is 10.5 Å². The van der Waals surface area contributed by atoms with E-state index in [1.807, 2.05) is 24.3 Å². The molecular formula is C15H15BrN2O2. The van der Waals surface area contributed by atoms with Crippen molar-refractivity contribution in [2.24, 2.45) is 0 Å². The molecule has 4 nitrogen and oxygen atoms in total. The van der Waals surface area contributed by atoms with E-state index < -0.39 is 0 Å². The highest BCUT2D eigenvalue weighted by atomic mass is 79.9. The fourth-order valence-electron chi connectivity index (χ4n) is 1.84. The number of rotatable bonds is 4. The molecule has 0 unspecified atom stereocenters. The molecule has 2 rings (SSSR count). The van der Waals surface area contributed by atoms with Crippen molar-refractivity contribution in [3.63, 3.8) is 0 Å². The van der Waals surface area contributed by atoms with Crippen LogP contribution in [0.1, 0.15) is 15.9 Å². The largest absolute Gasteiger partial charge is 0.496 e. The van der Waals surface area contributed by atoms with E-state index >= 15 is 0 Å². The molecule has 0 aromatic heterocycles. The zero-order valence-electron chi connectivity index (χ0n) is 11.0. The first-order valence-corrected chi connectivity index (χ1v) is 6.86. The van der Waals surface area contributed by atoms with E-state index in [0.29, 0.717) is 22.3 Å². The Morgan fingerprint density at radius 1 is 1.30 bits per heavy atom. The summed E-state index contributed by atoms with van der Waals surface area (Å²) >= 11 is 3.34. The average Bonchev–Trinajstić information content (AvgIpc) is 2.47. The van der Waals surface area contributed by atoms with Crippen LogP contribution in [0.15, 0.2) is 46.9 Å². The summed E-state index contributed by atoms with van der Waals surface area (Å²) in [5.41, 5.74) is 7.68. The number of carbonyl (C=O) groups is 1. The molecule has 5 heteroatoms. The van der Waals surface area contributed by atoms with Crippen LogP contribution >= 0.6 is 15.9 Å². The quantitative estimate of drug-likeness (QED) is 0.845. The number of para-hydroxylation sites is 1. The molecule has 0 fully saturated rings. The third-order valence-corrected chi connectivity index (χ3v) is 3.56. The minimum atomic E-state index is -0.185. The fraction of sp³-hybridized carbons (Fsp3) is 0.133. The van der Waals surface area contributed by atoms with Crippen molar-refractivity contribution in [1.29, 1.82) is 0 Å². The minimum absolute atomic E-state index is 0.185. The van der Waals surface area contributed by atoms with Crippen molar-refractivity contribution >= 4 is 27.5 Å². The van der Waals surface area contributed by atoms with Gasteiger partial charge in [0.15, 0.2) is 0 Å². The molecule has 0 saturated heterocycles. The predicted octanol–water partition coefficient (Wildman–Crippen LogP) is 2.97. The predicted molar refractivity (Wildman–Crippen MR) is 82.7 cm³/mol. The third-order valence-electron chi connectivity index (χ3n) is 2.87. The van der Waals surface area contributed by atoms with E-state index in [1.54, 1.807) is 25.3 Å². The second-order valence-corrected chi connectivity index (χ2v) is 5.09. The summed E-state index contributed by atoms with van der Waals surface area (Å²) in [5, 5.41) is 2.85. The van der Waals surface area contributed by atoms with Crippen LogP contribution in [0.25, 0.3) is 0 Å². The van der Waals surface area contributed by atoms with Crippen molar-refractivity contribution in [3.05, 3.63) is 58.1 Å². The van der Waals surface area contributed by atoms with Gasteiger partial charge in [-0.2, -0.15) is 0 Å². The second kappa shape index (κ2) is 6.43. The number of nitrogen functional groups attached to an aromatic ring is 1. The molecule has 2 aromatic rings. The SMILES string of the molecule is COc1ccccc1CNC(=O)c1cc(N)ccc1Br. The molecule has 0 spiro atoms. The monoisotopic (exact) mass is 334 g/mol. The Balaban J connectivity index is 2.11. The number of benzene rings is 2. The van der Waals surface area contributed by atoms with Crippen LogP contribution in [-0.2, 0) is 6.54 Å². The van der Waals surface area contributed by atoms with Crippen molar-refractivity contribution < 1.29 is 9.53 Å². The van der Waals surface area contributed by atoms with Crippen LogP contribution in [0, 0.1) is 0 Å². The molecule has 0 atom stereocenters. The van der Waals surface area contributed by atoms with E-state index in [2.05, 4.69) is 21.2 Å². The van der Waals surface area contributed by atoms with Crippen molar-refractivity contribution in [2.75, 3.05) is 12.8 Å². The highest BCUT2D eigenvalue weighted by Gasteiger charge is 2.11. The number of methoxy groups -OCH3 is 1. The van der Waals surface area contributed by atoms with Crippen LogP contribution < -0.4 is 15.8 Å². The number of halogens is 1. The van der Waals surface area contributed by atoms with Crippen LogP contribution in [0.5, 0.6) is 5.75 Å². The molecule has 0 heterocycles. The highest BCUT2D eigenvalue weighted by Crippen LogP contribution is 2.20. The molecule has 0 aliphatic heterocycles. The summed E-state index contributed by atoms with van der Waals surface area (Å²) in [6, 6.07) is 12.7. The summed E-state index contributed by atoms with van der Waals surface area (Å²) < 4.78 is 5.96. The zero-order valence-corrected chi connectivity index (χ0v) is 12.6. The number of amides is 1. The van der Waals surface area contributed by atoms with Gasteiger partial charge in [-0.1, -0.05) is 18.2 Å². The fourth-order valence-corrected chi connectivity index (χ4v) is 2.26. The molecule has 0 bridgehead atoms. The van der Waals surface area contributed by atoms with Gasteiger partial charge in [0, 0.05) is 22.3 Å². The zero-order chi connectivity index (χ0) is 14.5. The lowest BCUT2D eigenvalue weighted by Gasteiger charge is -2.10. The Morgan fingerprint density at radius 2 is 2.05 bits per heavy atom. The second-order valence-electron chi connectivity index (χ2n) is 4.23. The number of hydrogen-bond donors (Lipinski definition) is 2. The van der Waals surface area contributed by atoms with Gasteiger partial charge in [0.1, 0.15) is 5.75 Å². The van der Waals surface area contributed by atoms with E-state index in [9.17, 15) is 4.79 Å². The number of hydrogen-bond acceptors (Lipinski definition) is 3. The van der Waals surface area contributed by atoms with Gasteiger partial charge >= 0.3 is 0 Å². The first-order valence-electron chi connectivity index (χ1n) is 6.07. The third kappa shape index (κ3) is 3.30. The van der Waals surface area contributed by atoms with Gasteiger partial charge < -0.3 is 15.8 Å². The molecule has 3 N–H and O–H groups in total. The number of ether oxygens (including phenoxy) is 1. The molecule has 20 heavy (non-hydrogen) atoms. The van der Waals surface area contributed by atoms with Gasteiger partial charge in [0.05, 0.1) is 12.7 Å². The molecule has 104 valence electrons. The lowest BCUT2D eigenvalue weighted by Crippen LogP contribution is -2.23. The topological polar surface area (TPSA) is 64.3 Å². The summed E-state index contributed by atoms with van der Waals surface area (Å²) in [5.74, 6) is 0.564. The van der Waals surface area contributed by atoms with E-state index in [0.717, 1.165) is 11.3 Å². The molecule has 0 radical (unpaired) electrons. The first kappa shape index (κ1) is 14.4. The van der Waals surface area contributed by atoms with E-state index in [-0.39, 0.29) is 5.91 Å². The standard InChI is InChI=1S/C15H15BrN2O2/c1-20-14-5-3-2-4-10(14)9-18-15(19)12-8-11(17)6-7-13(12)16/h2-8H,9,17H2,1H3,(H,18,19). The maximum atomic E-state index is 12.2. The van der Waals surface area contributed by atoms with Gasteiger partial charge in [0.2, 0.25) is 0 Å². The Labute approximate surface area is 126 Å². The Morgan fingerprint density at radius 3 is 2.80 bits per heavy atom. The normalized spacial score (nSPS) is 10.1. The molecular weight excluding hydrogens is 320 g/mol. The van der Waals surface area contributed by atoms with Crippen molar-refractivity contribution in [2.45, 2.75) is 6.54 Å². The van der Waals surface area contributed by atoms with Crippen LogP contribution in [0.2, 0.25) is 0 Å². The van der Waals surface area contributed by atoms with Crippen LogP contribution in [0.3, 0.4) is 0 Å². The Bertz CT molecular complexity index is 629. The lowest BCUT2D eigenvalue weighted by atomic mass is 10.1. The summed E-state index contributed by atoms with van der Waals surface area (Å²) in [6.07, 6.45) is 0. The van der Waals surface area contributed by atoms with Gasteiger partial charge in [0.25, 0.3) is 5.91 Å². The average molecular weight is 335 g/mol. The molecule has 1 amide bonds. The number of carbonyl (C=O) groups excluding carboxylic acids is 1. The van der Waals surface area contributed by atoms with Crippen molar-refractivity contribution in [3.8, 4) is 5.75 Å². The first-order chi connectivity index (χ1) is 9.61. The maximum absolute atomic E-state index is 12.2. The van der Waals surface area contributed by atoms with Gasteiger partial charge in [-0.05, 0) is 40.2 Å². The number of nitrogens with one attached hydrogen (secondary N) is 1. The Kier molecular flexibility index (Phi) is 4.63. The Hall–Kier alpha value is -2.01. The maximum Gasteiger partial charge on any atom is 0.252 e. The molecule has 2 aromatic carbocycles. The number of anilines is 1. The summed E-state index contributed by atoms with van der Waals surface area (Å²) in [7, 11) is 1.61. The highest BCUT2D eigenvalue weighted by molar-refractivity contribution is 9.10. The number of nitrogens with two attached hydrogens (primary N) is 1. The lowest BCUT2D eigenvalue weighted by molar-refractivity contribution is 0.0950. The summed E-state index contributed by atoms with van der Waals surface area (Å²) in [4.78, 5) is 12.2. The van der Waals surface area contributed by atoms with Gasteiger partial charge in [-0.3, -0.25) is 4.79 Å². The summed E-state index contributed by atoms with van der Waals surface area (Å²) in [6.45, 7) is 0.393. The smallest absolute Gasteiger partial charge is 0.252 e. The molecule has 0 saturated carbocycles. The van der Waals surface area contributed by atoms with Crippen LogP contribution in [0.4, 0.5) is 5.69 Å². The van der Waals surface area contributed by atoms with Gasteiger partial charge in [-0.25, -0.2) is 0 Å². The minimum Gasteiger partial charge on any atom is -0.496 e. The van der Waals surface area contributed by atoms with Crippen LogP contribution in [-0.4, -0.2) is 13.0 Å².